The zero-order valence-electron chi connectivity index (χ0n) is 14.5. The molecule has 0 spiro atoms. The van der Waals surface area contributed by atoms with Gasteiger partial charge >= 0.3 is 0 Å². The smallest absolute Gasteiger partial charge is 0.139 e. The summed E-state index contributed by atoms with van der Waals surface area (Å²) < 4.78 is 0. The molecular weight excluding hydrogens is 286 g/mol. The van der Waals surface area contributed by atoms with Gasteiger partial charge in [-0.3, -0.25) is 4.79 Å². The predicted octanol–water partition coefficient (Wildman–Crippen LogP) is 5.28. The van der Waals surface area contributed by atoms with E-state index in [1.807, 2.05) is 0 Å². The first-order valence-electron chi connectivity index (χ1n) is 9.56. The minimum absolute atomic E-state index is 0.0246. The molecule has 0 aromatic carbocycles. The Morgan fingerprint density at radius 1 is 1.09 bits per heavy atom. The fourth-order valence-corrected chi connectivity index (χ4v) is 7.27. The van der Waals surface area contributed by atoms with Crippen molar-refractivity contribution in [3.8, 4) is 0 Å². The second-order valence-electron chi connectivity index (χ2n) is 9.22. The van der Waals surface area contributed by atoms with Crippen LogP contribution < -0.4 is 0 Å². The SMILES string of the molecule is C[C@]12C[C@H](N=[N+]=[N-])CC[C@@H]1CC[C@@H]1[C@@H]2CC[C@]2(C)C(=O)CC[C@@H]12. The molecule has 0 aliphatic heterocycles. The second-order valence-corrected chi connectivity index (χ2v) is 9.22. The average molecular weight is 315 g/mol. The molecule has 4 heteroatoms. The maximum Gasteiger partial charge on any atom is 0.139 e. The molecule has 0 radical (unpaired) electrons. The Morgan fingerprint density at radius 3 is 2.65 bits per heavy atom. The molecule has 4 saturated carbocycles. The third kappa shape index (κ3) is 2.10. The molecule has 4 aliphatic rings. The number of azide groups is 1. The Bertz CT molecular complexity index is 569. The van der Waals surface area contributed by atoms with E-state index in [4.69, 9.17) is 5.53 Å². The van der Waals surface area contributed by atoms with Gasteiger partial charge in [0.15, 0.2) is 0 Å². The van der Waals surface area contributed by atoms with E-state index in [2.05, 4.69) is 23.9 Å². The highest BCUT2D eigenvalue weighted by atomic mass is 16.1. The molecule has 0 aromatic rings. The van der Waals surface area contributed by atoms with Crippen molar-refractivity contribution in [2.45, 2.75) is 77.7 Å². The number of hydrogen-bond acceptors (Lipinski definition) is 2. The number of rotatable bonds is 1. The summed E-state index contributed by atoms with van der Waals surface area (Å²) in [5, 5.41) is 4.08. The highest BCUT2D eigenvalue weighted by Gasteiger charge is 2.60. The summed E-state index contributed by atoms with van der Waals surface area (Å²) in [5.41, 5.74) is 9.14. The minimum Gasteiger partial charge on any atom is -0.299 e. The Hall–Kier alpha value is -1.02. The van der Waals surface area contributed by atoms with Gasteiger partial charge in [-0.05, 0) is 86.0 Å². The molecule has 4 fully saturated rings. The summed E-state index contributed by atoms with van der Waals surface area (Å²) in [4.78, 5) is 15.5. The van der Waals surface area contributed by atoms with Gasteiger partial charge in [0.25, 0.3) is 0 Å². The van der Waals surface area contributed by atoms with E-state index >= 15 is 0 Å². The number of nitrogens with zero attached hydrogens (tertiary/aromatic N) is 3. The lowest BCUT2D eigenvalue weighted by Crippen LogP contribution is -2.54. The first-order chi connectivity index (χ1) is 11.0. The van der Waals surface area contributed by atoms with E-state index in [1.165, 1.54) is 25.7 Å². The average Bonchev–Trinajstić information content (AvgIpc) is 2.82. The highest BCUT2D eigenvalue weighted by molar-refractivity contribution is 5.87. The maximum absolute atomic E-state index is 12.4. The van der Waals surface area contributed by atoms with Gasteiger partial charge in [0, 0.05) is 22.8 Å². The molecule has 4 nitrogen and oxygen atoms in total. The van der Waals surface area contributed by atoms with Crippen molar-refractivity contribution >= 4 is 5.78 Å². The lowest BCUT2D eigenvalue weighted by Gasteiger charge is -2.60. The van der Waals surface area contributed by atoms with Gasteiger partial charge in [-0.25, -0.2) is 0 Å². The topological polar surface area (TPSA) is 65.8 Å². The molecule has 0 unspecified atom stereocenters. The third-order valence-corrected chi connectivity index (χ3v) is 8.51. The van der Waals surface area contributed by atoms with Gasteiger partial charge in [0.1, 0.15) is 5.78 Å². The van der Waals surface area contributed by atoms with Crippen molar-refractivity contribution in [1.29, 1.82) is 0 Å². The molecule has 126 valence electrons. The summed E-state index contributed by atoms with van der Waals surface area (Å²) >= 11 is 0. The first-order valence-corrected chi connectivity index (χ1v) is 9.56. The van der Waals surface area contributed by atoms with Crippen LogP contribution in [0.1, 0.15) is 71.6 Å². The summed E-state index contributed by atoms with van der Waals surface area (Å²) in [5.74, 6) is 3.42. The largest absolute Gasteiger partial charge is 0.299 e. The molecule has 4 aliphatic carbocycles. The molecule has 0 bridgehead atoms. The zero-order valence-corrected chi connectivity index (χ0v) is 14.5. The van der Waals surface area contributed by atoms with E-state index in [9.17, 15) is 4.79 Å². The van der Waals surface area contributed by atoms with Crippen molar-refractivity contribution in [2.24, 2.45) is 39.6 Å². The van der Waals surface area contributed by atoms with Crippen molar-refractivity contribution < 1.29 is 4.79 Å². The Morgan fingerprint density at radius 2 is 1.87 bits per heavy atom. The van der Waals surface area contributed by atoms with Gasteiger partial charge in [-0.2, -0.15) is 0 Å². The molecule has 0 aromatic heterocycles. The first kappa shape index (κ1) is 15.5. The minimum atomic E-state index is -0.0246. The van der Waals surface area contributed by atoms with Crippen LogP contribution in [0.2, 0.25) is 0 Å². The molecule has 7 atom stereocenters. The van der Waals surface area contributed by atoms with Crippen molar-refractivity contribution in [2.75, 3.05) is 0 Å². The zero-order chi connectivity index (χ0) is 16.2. The van der Waals surface area contributed by atoms with Crippen LogP contribution in [0.5, 0.6) is 0 Å². The normalized spacial score (nSPS) is 52.1. The Labute approximate surface area is 139 Å². The molecular formula is C19H29N3O. The van der Waals surface area contributed by atoms with E-state index in [0.29, 0.717) is 17.1 Å². The monoisotopic (exact) mass is 315 g/mol. The van der Waals surface area contributed by atoms with Crippen LogP contribution in [0.15, 0.2) is 5.11 Å². The van der Waals surface area contributed by atoms with Crippen LogP contribution in [0.3, 0.4) is 0 Å². The number of hydrogen-bond donors (Lipinski definition) is 0. The number of Topliss-reactive ketones (excluding diaryl/α,β-unsaturated/α-hetero) is 1. The highest BCUT2D eigenvalue weighted by Crippen LogP contribution is 2.65. The van der Waals surface area contributed by atoms with Gasteiger partial charge in [0.05, 0.1) is 0 Å². The molecule has 0 N–H and O–H groups in total. The summed E-state index contributed by atoms with van der Waals surface area (Å²) in [6.07, 6.45) is 10.2. The molecule has 0 saturated heterocycles. The number of carbonyl (C=O) groups excluding carboxylic acids is 1. The summed E-state index contributed by atoms with van der Waals surface area (Å²) in [6.45, 7) is 4.73. The number of ketones is 1. The fourth-order valence-electron chi connectivity index (χ4n) is 7.27. The van der Waals surface area contributed by atoms with Gasteiger partial charge in [-0.15, -0.1) is 0 Å². The van der Waals surface area contributed by atoms with Crippen LogP contribution in [0.25, 0.3) is 10.4 Å². The number of fused-ring (bicyclic) bond motifs is 5. The van der Waals surface area contributed by atoms with Crippen molar-refractivity contribution in [1.82, 2.24) is 0 Å². The molecule has 4 rings (SSSR count). The van der Waals surface area contributed by atoms with Crippen LogP contribution in [0, 0.1) is 34.5 Å². The standard InChI is InChI=1S/C19H29N3O/c1-18-10-9-16-14(15(18)7-8-17(18)23)6-4-12-3-5-13(21-22-20)11-19(12,16)2/h12-16H,3-11H2,1-2H3/t12-,13-,14+,15+,16+,18+,19+/m1/s1. The molecule has 23 heavy (non-hydrogen) atoms. The molecule has 0 heterocycles. The van der Waals surface area contributed by atoms with E-state index in [-0.39, 0.29) is 11.5 Å². The van der Waals surface area contributed by atoms with E-state index < -0.39 is 0 Å². The number of carbonyl (C=O) groups is 1. The van der Waals surface area contributed by atoms with Crippen molar-refractivity contribution in [3.63, 3.8) is 0 Å². The van der Waals surface area contributed by atoms with Crippen LogP contribution in [0.4, 0.5) is 0 Å². The predicted molar refractivity (Wildman–Crippen MR) is 89.7 cm³/mol. The Kier molecular flexibility index (Phi) is 3.53. The van der Waals surface area contributed by atoms with Crippen LogP contribution in [-0.2, 0) is 4.79 Å². The lowest BCUT2D eigenvalue weighted by molar-refractivity contribution is -0.139. The van der Waals surface area contributed by atoms with Crippen molar-refractivity contribution in [3.05, 3.63) is 10.4 Å². The Balaban J connectivity index is 1.64. The van der Waals surface area contributed by atoms with Crippen LogP contribution in [-0.4, -0.2) is 11.8 Å². The second kappa shape index (κ2) is 5.24. The van der Waals surface area contributed by atoms with Gasteiger partial charge in [0.2, 0.25) is 0 Å². The quantitative estimate of drug-likeness (QED) is 0.369. The summed E-state index contributed by atoms with van der Waals surface area (Å²) in [7, 11) is 0. The maximum atomic E-state index is 12.4. The molecule has 0 amide bonds. The lowest BCUT2D eigenvalue weighted by atomic mass is 9.45. The fraction of sp³-hybridized carbons (Fsp3) is 0.947. The van der Waals surface area contributed by atoms with E-state index in [0.717, 1.165) is 49.9 Å². The van der Waals surface area contributed by atoms with Crippen LogP contribution >= 0.6 is 0 Å². The third-order valence-electron chi connectivity index (χ3n) is 8.51. The summed E-state index contributed by atoms with van der Waals surface area (Å²) in [6, 6.07) is 0.193. The van der Waals surface area contributed by atoms with Gasteiger partial charge in [-0.1, -0.05) is 19.0 Å². The van der Waals surface area contributed by atoms with Gasteiger partial charge < -0.3 is 0 Å². The van der Waals surface area contributed by atoms with E-state index in [1.54, 1.807) is 0 Å².